The van der Waals surface area contributed by atoms with Crippen molar-refractivity contribution in [2.75, 3.05) is 18.4 Å². The number of rotatable bonds is 4. The molecule has 1 saturated carbocycles. The van der Waals surface area contributed by atoms with Crippen LogP contribution >= 0.6 is 0 Å². The maximum Gasteiger partial charge on any atom is 0.228 e. The molecule has 144 valence electrons. The normalized spacial score (nSPS) is 21.9. The molecule has 1 aromatic heterocycles. The van der Waals surface area contributed by atoms with Gasteiger partial charge in [-0.15, -0.1) is 0 Å². The molecular formula is C21H29N5O. The lowest BCUT2D eigenvalue weighted by molar-refractivity contribution is -0.121. The molecule has 1 saturated heterocycles. The first-order valence-electron chi connectivity index (χ1n) is 10.2. The fourth-order valence-corrected chi connectivity index (χ4v) is 4.42. The molecule has 1 aliphatic heterocycles. The monoisotopic (exact) mass is 367 g/mol. The number of piperidine rings is 1. The Balaban J connectivity index is 1.35. The second-order valence-electron chi connectivity index (χ2n) is 7.94. The van der Waals surface area contributed by atoms with Crippen LogP contribution in [0.2, 0.25) is 0 Å². The van der Waals surface area contributed by atoms with Crippen molar-refractivity contribution >= 4 is 11.6 Å². The number of amides is 1. The molecule has 1 aliphatic carbocycles. The lowest BCUT2D eigenvalue weighted by Crippen LogP contribution is -2.46. The molecule has 1 aromatic carbocycles. The van der Waals surface area contributed by atoms with Gasteiger partial charge in [-0.05, 0) is 63.4 Å². The first-order valence-corrected chi connectivity index (χ1v) is 10.2. The van der Waals surface area contributed by atoms with Crippen molar-refractivity contribution in [2.45, 2.75) is 57.9 Å². The summed E-state index contributed by atoms with van der Waals surface area (Å²) in [5, 5.41) is 10.1. The average molecular weight is 367 g/mol. The molecule has 2 heterocycles. The molecule has 6 heteroatoms. The largest absolute Gasteiger partial charge is 0.326 e. The van der Waals surface area contributed by atoms with Crippen LogP contribution in [0.4, 0.5) is 5.69 Å². The summed E-state index contributed by atoms with van der Waals surface area (Å²) in [6.45, 7) is 3.94. The number of aromatic amines is 1. The molecule has 1 amide bonds. The van der Waals surface area contributed by atoms with Gasteiger partial charge in [0.15, 0.2) is 5.82 Å². The zero-order valence-electron chi connectivity index (χ0n) is 16.1. The van der Waals surface area contributed by atoms with Crippen LogP contribution in [0.15, 0.2) is 24.3 Å². The number of carbonyl (C=O) groups is 1. The van der Waals surface area contributed by atoms with Crippen molar-refractivity contribution in [3.05, 3.63) is 30.1 Å². The Morgan fingerprint density at radius 3 is 2.59 bits per heavy atom. The van der Waals surface area contributed by atoms with Crippen LogP contribution in [0.1, 0.15) is 50.8 Å². The minimum Gasteiger partial charge on any atom is -0.326 e. The number of aromatic nitrogens is 3. The molecule has 27 heavy (non-hydrogen) atoms. The number of nitrogens with one attached hydrogen (secondary N) is 2. The number of carbonyl (C=O) groups excluding carboxylic acids is 1. The van der Waals surface area contributed by atoms with Gasteiger partial charge in [0.05, 0.1) is 5.92 Å². The Kier molecular flexibility index (Phi) is 5.53. The van der Waals surface area contributed by atoms with E-state index >= 15 is 0 Å². The van der Waals surface area contributed by atoms with E-state index in [2.05, 4.69) is 25.4 Å². The van der Waals surface area contributed by atoms with E-state index in [1.165, 1.54) is 32.1 Å². The Bertz CT molecular complexity index is 763. The molecule has 0 radical (unpaired) electrons. The van der Waals surface area contributed by atoms with Crippen molar-refractivity contribution in [1.82, 2.24) is 20.1 Å². The molecule has 2 N–H and O–H groups in total. The van der Waals surface area contributed by atoms with Crippen molar-refractivity contribution in [2.24, 2.45) is 5.92 Å². The summed E-state index contributed by atoms with van der Waals surface area (Å²) in [6.07, 6.45) is 8.77. The topological polar surface area (TPSA) is 73.9 Å². The zero-order chi connectivity index (χ0) is 18.6. The summed E-state index contributed by atoms with van der Waals surface area (Å²) >= 11 is 0. The lowest BCUT2D eigenvalue weighted by atomic mass is 9.90. The predicted octanol–water partition coefficient (Wildman–Crippen LogP) is 3.76. The summed E-state index contributed by atoms with van der Waals surface area (Å²) in [4.78, 5) is 19.7. The fourth-order valence-electron chi connectivity index (χ4n) is 4.42. The highest BCUT2D eigenvalue weighted by molar-refractivity contribution is 5.93. The summed E-state index contributed by atoms with van der Waals surface area (Å²) in [5.41, 5.74) is 1.78. The van der Waals surface area contributed by atoms with Gasteiger partial charge in [-0.3, -0.25) is 14.8 Å². The first kappa shape index (κ1) is 18.2. The van der Waals surface area contributed by atoms with E-state index < -0.39 is 0 Å². The smallest absolute Gasteiger partial charge is 0.228 e. The number of benzene rings is 1. The third-order valence-corrected chi connectivity index (χ3v) is 5.92. The van der Waals surface area contributed by atoms with E-state index in [0.29, 0.717) is 11.9 Å². The quantitative estimate of drug-likeness (QED) is 0.863. The van der Waals surface area contributed by atoms with E-state index in [-0.39, 0.29) is 11.8 Å². The van der Waals surface area contributed by atoms with Crippen LogP contribution in [0.25, 0.3) is 11.4 Å². The molecule has 2 aliphatic rings. The Labute approximate surface area is 160 Å². The van der Waals surface area contributed by atoms with E-state index in [0.717, 1.165) is 43.0 Å². The molecule has 2 aromatic rings. The van der Waals surface area contributed by atoms with Gasteiger partial charge < -0.3 is 5.32 Å². The molecular weight excluding hydrogens is 338 g/mol. The van der Waals surface area contributed by atoms with Crippen LogP contribution in [-0.4, -0.2) is 45.1 Å². The fraction of sp³-hybridized carbons (Fsp3) is 0.571. The van der Waals surface area contributed by atoms with Gasteiger partial charge in [-0.1, -0.05) is 19.3 Å². The third-order valence-electron chi connectivity index (χ3n) is 5.92. The van der Waals surface area contributed by atoms with E-state index in [9.17, 15) is 4.79 Å². The Morgan fingerprint density at radius 2 is 1.89 bits per heavy atom. The van der Waals surface area contributed by atoms with Crippen molar-refractivity contribution in [1.29, 1.82) is 0 Å². The number of hydrogen-bond acceptors (Lipinski definition) is 4. The number of hydrogen-bond donors (Lipinski definition) is 2. The zero-order valence-corrected chi connectivity index (χ0v) is 16.1. The second kappa shape index (κ2) is 8.21. The van der Waals surface area contributed by atoms with Gasteiger partial charge in [-0.2, -0.15) is 5.10 Å². The van der Waals surface area contributed by atoms with Crippen molar-refractivity contribution < 1.29 is 4.79 Å². The number of anilines is 1. The number of H-pyrrole nitrogens is 1. The van der Waals surface area contributed by atoms with Gasteiger partial charge in [0, 0.05) is 23.8 Å². The minimum atomic E-state index is 0.0935. The third kappa shape index (κ3) is 4.38. The van der Waals surface area contributed by atoms with Crippen molar-refractivity contribution in [3.63, 3.8) is 0 Å². The molecule has 1 atom stereocenters. The molecule has 0 spiro atoms. The number of aryl methyl sites for hydroxylation is 1. The Hall–Kier alpha value is -2.21. The molecule has 6 nitrogen and oxygen atoms in total. The highest BCUT2D eigenvalue weighted by atomic mass is 16.1. The van der Waals surface area contributed by atoms with Gasteiger partial charge in [0.1, 0.15) is 5.82 Å². The minimum absolute atomic E-state index is 0.0935. The van der Waals surface area contributed by atoms with Crippen LogP contribution < -0.4 is 5.32 Å². The lowest BCUT2D eigenvalue weighted by Gasteiger charge is -2.39. The van der Waals surface area contributed by atoms with Gasteiger partial charge >= 0.3 is 0 Å². The molecule has 1 unspecified atom stereocenters. The summed E-state index contributed by atoms with van der Waals surface area (Å²) < 4.78 is 0. The average Bonchev–Trinajstić information content (AvgIpc) is 3.16. The van der Waals surface area contributed by atoms with E-state index in [1.54, 1.807) is 0 Å². The number of likely N-dealkylation sites (tertiary alicyclic amines) is 1. The molecule has 2 fully saturated rings. The van der Waals surface area contributed by atoms with E-state index in [1.807, 2.05) is 31.2 Å². The van der Waals surface area contributed by atoms with Crippen LogP contribution in [0, 0.1) is 12.8 Å². The summed E-state index contributed by atoms with van der Waals surface area (Å²) in [6, 6.07) is 8.46. The van der Waals surface area contributed by atoms with Gasteiger partial charge in [-0.25, -0.2) is 4.98 Å². The number of nitrogens with zero attached hydrogens (tertiary/aromatic N) is 3. The first-order chi connectivity index (χ1) is 13.2. The maximum absolute atomic E-state index is 12.8. The van der Waals surface area contributed by atoms with Gasteiger partial charge in [0.2, 0.25) is 5.91 Å². The standard InChI is InChI=1S/C21H29N5O/c1-15-22-20(25-24-15)16-9-11-18(12-10-16)23-21(27)17-6-5-13-26(14-17)19-7-3-2-4-8-19/h9-12,17,19H,2-8,13-14H2,1H3,(H,23,27)(H,22,24,25). The summed E-state index contributed by atoms with van der Waals surface area (Å²) in [7, 11) is 0. The molecule has 4 rings (SSSR count). The second-order valence-corrected chi connectivity index (χ2v) is 7.94. The van der Waals surface area contributed by atoms with Gasteiger partial charge in [0.25, 0.3) is 0 Å². The Morgan fingerprint density at radius 1 is 1.11 bits per heavy atom. The van der Waals surface area contributed by atoms with Crippen LogP contribution in [-0.2, 0) is 4.79 Å². The van der Waals surface area contributed by atoms with E-state index in [4.69, 9.17) is 0 Å². The van der Waals surface area contributed by atoms with Crippen LogP contribution in [0.5, 0.6) is 0 Å². The van der Waals surface area contributed by atoms with Crippen molar-refractivity contribution in [3.8, 4) is 11.4 Å². The SMILES string of the molecule is Cc1nc(-c2ccc(NC(=O)C3CCCN(C4CCCCC4)C3)cc2)n[nH]1. The highest BCUT2D eigenvalue weighted by Crippen LogP contribution is 2.28. The maximum atomic E-state index is 12.8. The summed E-state index contributed by atoms with van der Waals surface area (Å²) in [5.74, 6) is 1.72. The predicted molar refractivity (Wildman–Crippen MR) is 106 cm³/mol. The highest BCUT2D eigenvalue weighted by Gasteiger charge is 2.30. The van der Waals surface area contributed by atoms with Crippen LogP contribution in [0.3, 0.4) is 0 Å². The molecule has 0 bridgehead atoms.